The summed E-state index contributed by atoms with van der Waals surface area (Å²) in [7, 11) is 0. The number of carbonyl (C=O) groups is 1. The van der Waals surface area contributed by atoms with Crippen molar-refractivity contribution in [1.29, 1.82) is 0 Å². The molecule has 0 saturated heterocycles. The van der Waals surface area contributed by atoms with Gasteiger partial charge in [-0.15, -0.1) is 0 Å². The maximum absolute atomic E-state index is 13.8. The topological polar surface area (TPSA) is 26.3 Å². The number of ether oxygens (including phenoxy) is 1. The first-order valence-electron chi connectivity index (χ1n) is 11.5. The molecule has 0 saturated carbocycles. The first-order valence-corrected chi connectivity index (χ1v) is 12.5. The fourth-order valence-electron chi connectivity index (χ4n) is 3.07. The third-order valence-corrected chi connectivity index (χ3v) is 6.41. The van der Waals surface area contributed by atoms with E-state index in [1.54, 1.807) is 0 Å². The molecule has 0 bridgehead atoms. The van der Waals surface area contributed by atoms with Crippen LogP contribution >= 0.6 is 11.8 Å². The molecule has 1 aromatic carbocycles. The normalized spacial score (nSPS) is 14.0. The van der Waals surface area contributed by atoms with Gasteiger partial charge in [-0.1, -0.05) is 50.8 Å². The monoisotopic (exact) mass is 612 g/mol. The molecule has 1 rings (SSSR count). The quantitative estimate of drug-likeness (QED) is 0.137. The smallest absolute Gasteiger partial charge is 0.460 e. The Morgan fingerprint density at radius 2 is 1.18 bits per heavy atom. The van der Waals surface area contributed by atoms with E-state index in [9.17, 15) is 61.9 Å². The van der Waals surface area contributed by atoms with Crippen molar-refractivity contribution in [1.82, 2.24) is 0 Å². The van der Waals surface area contributed by atoms with Crippen LogP contribution in [0.4, 0.5) is 57.1 Å². The number of alkyl halides is 13. The van der Waals surface area contributed by atoms with Crippen LogP contribution in [0.2, 0.25) is 0 Å². The highest BCUT2D eigenvalue weighted by Gasteiger charge is 2.90. The second-order valence-electron chi connectivity index (χ2n) is 8.53. The van der Waals surface area contributed by atoms with Gasteiger partial charge in [0.15, 0.2) is 0 Å². The lowest BCUT2D eigenvalue weighted by molar-refractivity contribution is -0.439. The molecule has 16 heteroatoms. The molecule has 2 nitrogen and oxygen atoms in total. The predicted octanol–water partition coefficient (Wildman–Crippen LogP) is 9.43. The Bertz CT molecular complexity index is 916. The Kier molecular flexibility index (Phi) is 11.9. The predicted molar refractivity (Wildman–Crippen MR) is 118 cm³/mol. The van der Waals surface area contributed by atoms with Crippen LogP contribution in [0.3, 0.4) is 0 Å². The van der Waals surface area contributed by atoms with Crippen molar-refractivity contribution in [2.24, 2.45) is 0 Å². The zero-order valence-corrected chi connectivity index (χ0v) is 21.1. The third-order valence-electron chi connectivity index (χ3n) is 5.50. The highest BCUT2D eigenvalue weighted by Crippen LogP contribution is 2.60. The van der Waals surface area contributed by atoms with Gasteiger partial charge >= 0.3 is 35.8 Å². The lowest BCUT2D eigenvalue weighted by Crippen LogP contribution is -2.70. The Morgan fingerprint density at radius 1 is 0.692 bits per heavy atom. The minimum absolute atomic E-state index is 0.116. The second kappa shape index (κ2) is 13.2. The van der Waals surface area contributed by atoms with Crippen molar-refractivity contribution in [2.75, 3.05) is 12.4 Å². The van der Waals surface area contributed by atoms with Gasteiger partial charge in [0.2, 0.25) is 5.12 Å². The molecule has 0 N–H and O–H groups in total. The number of unbranched alkanes of at least 4 members (excludes halogenated alkanes) is 5. The molecule has 0 aromatic heterocycles. The van der Waals surface area contributed by atoms with E-state index in [0.29, 0.717) is 12.4 Å². The highest BCUT2D eigenvalue weighted by molar-refractivity contribution is 8.14. The molecular formula is C23H25F13O2S. The zero-order valence-electron chi connectivity index (χ0n) is 20.3. The van der Waals surface area contributed by atoms with Gasteiger partial charge in [-0.05, 0) is 30.7 Å². The van der Waals surface area contributed by atoms with Crippen molar-refractivity contribution in [2.45, 2.75) is 87.7 Å². The molecule has 0 radical (unpaired) electrons. The number of hydrogen-bond acceptors (Lipinski definition) is 3. The molecule has 0 unspecified atom stereocenters. The molecule has 1 aromatic rings. The zero-order chi connectivity index (χ0) is 30.3. The van der Waals surface area contributed by atoms with Gasteiger partial charge in [-0.3, -0.25) is 4.79 Å². The molecule has 0 aliphatic rings. The third kappa shape index (κ3) is 7.87. The van der Waals surface area contributed by atoms with Gasteiger partial charge in [-0.25, -0.2) is 0 Å². The van der Waals surface area contributed by atoms with E-state index in [4.69, 9.17) is 4.74 Å². The van der Waals surface area contributed by atoms with E-state index in [0.717, 1.165) is 38.5 Å². The maximum Gasteiger partial charge on any atom is 0.460 e. The molecule has 0 aliphatic carbocycles. The average molecular weight is 612 g/mol. The summed E-state index contributed by atoms with van der Waals surface area (Å²) in [6.45, 7) is 2.45. The summed E-state index contributed by atoms with van der Waals surface area (Å²) < 4.78 is 176. The van der Waals surface area contributed by atoms with Crippen LogP contribution < -0.4 is 4.74 Å². The minimum atomic E-state index is -7.94. The molecule has 39 heavy (non-hydrogen) atoms. The standard InChI is InChI=1S/C23H25F13O2S/c1-2-3-4-5-6-7-13-38-16-10-8-15(9-11-16)17(37)39-14-12-18(24,25)19(26,27)20(28,29)21(30,31)22(32,33)23(34,35)36/h8-11H,2-7,12-14H2,1H3. The van der Waals surface area contributed by atoms with Crippen LogP contribution in [-0.4, -0.2) is 53.3 Å². The first-order chi connectivity index (χ1) is 17.7. The Balaban J connectivity index is 2.75. The summed E-state index contributed by atoms with van der Waals surface area (Å²) in [6.07, 6.45) is -3.84. The highest BCUT2D eigenvalue weighted by atomic mass is 32.2. The Morgan fingerprint density at radius 3 is 1.69 bits per heavy atom. The van der Waals surface area contributed by atoms with Crippen LogP contribution in [0, 0.1) is 0 Å². The van der Waals surface area contributed by atoms with Crippen molar-refractivity contribution < 1.29 is 66.6 Å². The van der Waals surface area contributed by atoms with Crippen molar-refractivity contribution in [3.63, 3.8) is 0 Å². The number of benzene rings is 1. The van der Waals surface area contributed by atoms with Gasteiger partial charge in [0, 0.05) is 17.7 Å². The van der Waals surface area contributed by atoms with E-state index < -0.39 is 53.1 Å². The summed E-state index contributed by atoms with van der Waals surface area (Å²) in [6, 6.07) is 5.01. The summed E-state index contributed by atoms with van der Waals surface area (Å²) in [4.78, 5) is 12.1. The van der Waals surface area contributed by atoms with E-state index >= 15 is 0 Å². The van der Waals surface area contributed by atoms with Crippen LogP contribution in [0.15, 0.2) is 24.3 Å². The number of rotatable bonds is 16. The first kappa shape index (κ1) is 35.2. The largest absolute Gasteiger partial charge is 0.494 e. The molecule has 0 atom stereocenters. The molecule has 0 amide bonds. The molecular weight excluding hydrogens is 587 g/mol. The van der Waals surface area contributed by atoms with E-state index in [1.807, 2.05) is 0 Å². The SMILES string of the molecule is CCCCCCCCOc1ccc(C(=O)SCCC(F)(F)C(F)(F)C(F)(F)C(F)(F)C(F)(F)C(F)(F)F)cc1. The van der Waals surface area contributed by atoms with Gasteiger partial charge < -0.3 is 4.74 Å². The molecule has 0 heterocycles. The summed E-state index contributed by atoms with van der Waals surface area (Å²) in [5.74, 6) is -38.1. The Labute approximate surface area is 219 Å². The average Bonchev–Trinajstić information content (AvgIpc) is 2.82. The number of hydrogen-bond donors (Lipinski definition) is 0. The van der Waals surface area contributed by atoms with Gasteiger partial charge in [-0.2, -0.15) is 57.1 Å². The van der Waals surface area contributed by atoms with Gasteiger partial charge in [0.1, 0.15) is 5.75 Å². The van der Waals surface area contributed by atoms with Gasteiger partial charge in [0.05, 0.1) is 6.61 Å². The lowest BCUT2D eigenvalue weighted by Gasteiger charge is -2.39. The Hall–Kier alpha value is -1.87. The fraction of sp³-hybridized carbons (Fsp3) is 0.696. The molecule has 226 valence electrons. The summed E-state index contributed by atoms with van der Waals surface area (Å²) >= 11 is -0.116. The fourth-order valence-corrected chi connectivity index (χ4v) is 3.92. The molecule has 0 spiro atoms. The van der Waals surface area contributed by atoms with Gasteiger partial charge in [0.25, 0.3) is 0 Å². The van der Waals surface area contributed by atoms with E-state index in [1.165, 1.54) is 24.3 Å². The second-order valence-corrected chi connectivity index (χ2v) is 9.59. The van der Waals surface area contributed by atoms with Crippen LogP contribution in [-0.2, 0) is 0 Å². The van der Waals surface area contributed by atoms with Crippen molar-refractivity contribution in [3.8, 4) is 5.75 Å². The van der Waals surface area contributed by atoms with Crippen LogP contribution in [0.5, 0.6) is 5.75 Å². The lowest BCUT2D eigenvalue weighted by atomic mass is 9.93. The number of halogens is 13. The summed E-state index contributed by atoms with van der Waals surface area (Å²) in [5.41, 5.74) is -0.163. The van der Waals surface area contributed by atoms with Crippen LogP contribution in [0.25, 0.3) is 0 Å². The number of thioether (sulfide) groups is 1. The van der Waals surface area contributed by atoms with Crippen molar-refractivity contribution >= 4 is 16.9 Å². The van der Waals surface area contributed by atoms with Crippen molar-refractivity contribution in [3.05, 3.63) is 29.8 Å². The number of carbonyl (C=O) groups excluding carboxylic acids is 1. The van der Waals surface area contributed by atoms with Crippen LogP contribution in [0.1, 0.15) is 62.2 Å². The van der Waals surface area contributed by atoms with E-state index in [2.05, 4.69) is 6.92 Å². The molecule has 0 fully saturated rings. The summed E-state index contributed by atoms with van der Waals surface area (Å²) in [5, 5.41) is -1.03. The molecule has 0 aliphatic heterocycles. The minimum Gasteiger partial charge on any atom is -0.494 e. The van der Waals surface area contributed by atoms with E-state index in [-0.39, 0.29) is 17.3 Å². The maximum atomic E-state index is 13.8.